The first-order chi connectivity index (χ1) is 18.0. The molecule has 0 saturated heterocycles. The van der Waals surface area contributed by atoms with Gasteiger partial charge in [0.05, 0.1) is 12.1 Å². The molecular formula is C29H33Cl3N4O2S. The number of aromatic nitrogens is 1. The fourth-order valence-corrected chi connectivity index (χ4v) is 6.63. The zero-order chi connectivity index (χ0) is 25.9. The normalized spacial score (nSPS) is 16.7. The number of nitrogen functional groups attached to an aromatic ring is 1. The van der Waals surface area contributed by atoms with Gasteiger partial charge in [0.25, 0.3) is 5.91 Å². The smallest absolute Gasteiger partial charge is 0.266 e. The Morgan fingerprint density at radius 3 is 2.46 bits per heavy atom. The molecule has 1 amide bonds. The molecule has 5 rings (SSSR count). The number of carbonyl (C=O) groups excluding carboxylic acids is 1. The number of thiophene rings is 1. The molecule has 0 unspecified atom stereocenters. The van der Waals surface area contributed by atoms with E-state index in [9.17, 15) is 4.79 Å². The molecule has 0 radical (unpaired) electrons. The fraction of sp³-hybridized carbons (Fsp3) is 0.310. The van der Waals surface area contributed by atoms with Crippen LogP contribution in [0.15, 0.2) is 60.8 Å². The molecule has 2 aromatic carbocycles. The van der Waals surface area contributed by atoms with Gasteiger partial charge in [-0.15, -0.1) is 36.2 Å². The summed E-state index contributed by atoms with van der Waals surface area (Å²) in [5.41, 5.74) is 8.68. The number of nitrogens with one attached hydrogen (secondary N) is 1. The van der Waals surface area contributed by atoms with Gasteiger partial charge in [0, 0.05) is 46.0 Å². The Kier molecular flexibility index (Phi) is 10.9. The molecule has 4 aromatic rings. The zero-order valence-electron chi connectivity index (χ0n) is 21.9. The summed E-state index contributed by atoms with van der Waals surface area (Å²) >= 11 is 8.24. The number of hydrogen-bond donors (Lipinski definition) is 2. The molecule has 0 spiro atoms. The average molecular weight is 608 g/mol. The minimum atomic E-state index is -0.0271. The predicted octanol–water partition coefficient (Wildman–Crippen LogP) is 7.22. The first-order valence-electron chi connectivity index (χ1n) is 12.5. The third-order valence-electron chi connectivity index (χ3n) is 7.28. The number of nitrogens with zero attached hydrogens (tertiary/aromatic N) is 2. The summed E-state index contributed by atoms with van der Waals surface area (Å²) in [6.45, 7) is 0.428. The Labute approximate surface area is 250 Å². The molecule has 0 atom stereocenters. The number of carbonyl (C=O) groups is 1. The quantitative estimate of drug-likeness (QED) is 0.232. The zero-order valence-corrected chi connectivity index (χ0v) is 25.1. The molecule has 1 aliphatic rings. The SMILES string of the molecule is CNC1CCC(N(Cc2cc(-c3ccc(N)nc3)ccc2OC)C(=O)c2sc3ccccc3c2Cl)CC1.Cl.Cl. The summed E-state index contributed by atoms with van der Waals surface area (Å²) in [6.07, 6.45) is 5.69. The molecule has 39 heavy (non-hydrogen) atoms. The standard InChI is InChI=1S/C29H31ClN4O2S.2ClH/c1-32-21-9-11-22(12-10-21)34(29(35)28-27(30)23-5-3-4-6-25(23)37-28)17-20-15-18(7-13-24(20)36-2)19-8-14-26(31)33-16-19;;/h3-8,13-16,21-22,32H,9-12,17H2,1-2H3,(H2,31,33);2*1H. The van der Waals surface area contributed by atoms with Gasteiger partial charge in [0.2, 0.25) is 0 Å². The van der Waals surface area contributed by atoms with E-state index in [1.807, 2.05) is 54.4 Å². The van der Waals surface area contributed by atoms with Crippen LogP contribution in [0.3, 0.4) is 0 Å². The number of amides is 1. The van der Waals surface area contributed by atoms with Gasteiger partial charge in [0.15, 0.2) is 0 Å². The van der Waals surface area contributed by atoms with E-state index in [0.29, 0.717) is 28.3 Å². The number of methoxy groups -OCH3 is 1. The largest absolute Gasteiger partial charge is 0.496 e. The number of benzene rings is 2. The van der Waals surface area contributed by atoms with Crippen LogP contribution in [0.4, 0.5) is 5.82 Å². The third-order valence-corrected chi connectivity index (χ3v) is 8.94. The molecule has 0 bridgehead atoms. The van der Waals surface area contributed by atoms with E-state index >= 15 is 0 Å². The third kappa shape index (κ3) is 6.61. The fourth-order valence-electron chi connectivity index (χ4n) is 5.17. The molecule has 10 heteroatoms. The van der Waals surface area contributed by atoms with Crippen molar-refractivity contribution in [1.29, 1.82) is 0 Å². The van der Waals surface area contributed by atoms with Gasteiger partial charge >= 0.3 is 0 Å². The minimum absolute atomic E-state index is 0. The van der Waals surface area contributed by atoms with E-state index in [1.165, 1.54) is 11.3 Å². The number of hydrogen-bond acceptors (Lipinski definition) is 6. The Hall–Kier alpha value is -2.55. The Morgan fingerprint density at radius 2 is 1.82 bits per heavy atom. The van der Waals surface area contributed by atoms with Crippen molar-refractivity contribution in [3.05, 3.63) is 76.3 Å². The van der Waals surface area contributed by atoms with Gasteiger partial charge < -0.3 is 20.7 Å². The van der Waals surface area contributed by atoms with Crippen molar-refractivity contribution >= 4 is 69.6 Å². The number of nitrogens with two attached hydrogens (primary N) is 1. The molecule has 208 valence electrons. The van der Waals surface area contributed by atoms with Crippen molar-refractivity contribution in [1.82, 2.24) is 15.2 Å². The second-order valence-corrected chi connectivity index (χ2v) is 10.9. The van der Waals surface area contributed by atoms with E-state index in [1.54, 1.807) is 19.4 Å². The molecule has 6 nitrogen and oxygen atoms in total. The summed E-state index contributed by atoms with van der Waals surface area (Å²) in [5, 5.41) is 4.85. The lowest BCUT2D eigenvalue weighted by Gasteiger charge is -2.37. The Morgan fingerprint density at radius 1 is 1.10 bits per heavy atom. The highest BCUT2D eigenvalue weighted by molar-refractivity contribution is 7.21. The summed E-state index contributed by atoms with van der Waals surface area (Å²) in [7, 11) is 3.67. The van der Waals surface area contributed by atoms with Gasteiger partial charge in [-0.25, -0.2) is 4.98 Å². The molecule has 3 N–H and O–H groups in total. The highest BCUT2D eigenvalue weighted by Gasteiger charge is 2.32. The van der Waals surface area contributed by atoms with Crippen LogP contribution in [-0.2, 0) is 6.54 Å². The van der Waals surface area contributed by atoms with Crippen molar-refractivity contribution in [3.8, 4) is 16.9 Å². The highest BCUT2D eigenvalue weighted by atomic mass is 35.5. The van der Waals surface area contributed by atoms with E-state index in [-0.39, 0.29) is 36.8 Å². The van der Waals surface area contributed by atoms with Crippen molar-refractivity contribution in [2.45, 2.75) is 44.3 Å². The van der Waals surface area contributed by atoms with Crippen molar-refractivity contribution in [2.75, 3.05) is 19.9 Å². The second-order valence-electron chi connectivity index (χ2n) is 9.47. The lowest BCUT2D eigenvalue weighted by Crippen LogP contribution is -2.44. The molecule has 2 heterocycles. The van der Waals surface area contributed by atoms with E-state index in [2.05, 4.69) is 16.4 Å². The lowest BCUT2D eigenvalue weighted by atomic mass is 9.89. The van der Waals surface area contributed by atoms with Crippen LogP contribution in [0.1, 0.15) is 40.9 Å². The van der Waals surface area contributed by atoms with Crippen LogP contribution in [0, 0.1) is 0 Å². The summed E-state index contributed by atoms with van der Waals surface area (Å²) < 4.78 is 6.75. The van der Waals surface area contributed by atoms with Crippen molar-refractivity contribution in [2.24, 2.45) is 0 Å². The van der Waals surface area contributed by atoms with E-state index < -0.39 is 0 Å². The van der Waals surface area contributed by atoms with Gasteiger partial charge in [0.1, 0.15) is 16.4 Å². The predicted molar refractivity (Wildman–Crippen MR) is 167 cm³/mol. The van der Waals surface area contributed by atoms with Crippen molar-refractivity contribution in [3.63, 3.8) is 0 Å². The topological polar surface area (TPSA) is 80.5 Å². The van der Waals surface area contributed by atoms with Crippen LogP contribution in [-0.4, -0.2) is 42.0 Å². The first-order valence-corrected chi connectivity index (χ1v) is 13.7. The maximum Gasteiger partial charge on any atom is 0.266 e. The van der Waals surface area contributed by atoms with Crippen LogP contribution in [0.5, 0.6) is 5.75 Å². The molecule has 1 aliphatic carbocycles. The van der Waals surface area contributed by atoms with Gasteiger partial charge in [-0.3, -0.25) is 4.79 Å². The van der Waals surface area contributed by atoms with E-state index in [4.69, 9.17) is 22.1 Å². The number of rotatable bonds is 7. The number of anilines is 1. The first kappa shape index (κ1) is 31.0. The van der Waals surface area contributed by atoms with Crippen molar-refractivity contribution < 1.29 is 9.53 Å². The van der Waals surface area contributed by atoms with Crippen LogP contribution in [0.2, 0.25) is 5.02 Å². The van der Waals surface area contributed by atoms with Gasteiger partial charge in [-0.05, 0) is 68.6 Å². The second kappa shape index (κ2) is 13.7. The van der Waals surface area contributed by atoms with E-state index in [0.717, 1.165) is 58.2 Å². The van der Waals surface area contributed by atoms with Crippen LogP contribution >= 0.6 is 47.8 Å². The Balaban J connectivity index is 0.00000210. The lowest BCUT2D eigenvalue weighted by molar-refractivity contribution is 0.0604. The number of halogens is 3. The van der Waals surface area contributed by atoms with Crippen LogP contribution in [0.25, 0.3) is 21.2 Å². The number of ether oxygens (including phenoxy) is 1. The molecular weight excluding hydrogens is 575 g/mol. The minimum Gasteiger partial charge on any atom is -0.496 e. The maximum atomic E-state index is 14.2. The average Bonchev–Trinajstić information content (AvgIpc) is 3.28. The highest BCUT2D eigenvalue weighted by Crippen LogP contribution is 2.38. The van der Waals surface area contributed by atoms with Gasteiger partial charge in [-0.1, -0.05) is 35.9 Å². The Bertz CT molecular complexity index is 1410. The van der Waals surface area contributed by atoms with Gasteiger partial charge in [-0.2, -0.15) is 0 Å². The maximum absolute atomic E-state index is 14.2. The molecule has 2 aromatic heterocycles. The molecule has 1 fully saturated rings. The monoisotopic (exact) mass is 606 g/mol. The number of fused-ring (bicyclic) bond motifs is 1. The molecule has 0 aliphatic heterocycles. The number of pyridine rings is 1. The summed E-state index contributed by atoms with van der Waals surface area (Å²) in [4.78, 5) is 21.0. The van der Waals surface area contributed by atoms with Crippen LogP contribution < -0.4 is 15.8 Å². The summed E-state index contributed by atoms with van der Waals surface area (Å²) in [6, 6.07) is 18.3. The summed E-state index contributed by atoms with van der Waals surface area (Å²) in [5.74, 6) is 1.20. The molecule has 1 saturated carbocycles.